The molecule has 0 aliphatic heterocycles. The molecule has 2 rings (SSSR count). The van der Waals surface area contributed by atoms with Gasteiger partial charge >= 0.3 is 0 Å². The molecular weight excluding hydrogens is 386 g/mol. The topological polar surface area (TPSA) is 107 Å². The first-order valence-corrected chi connectivity index (χ1v) is 9.69. The average molecular weight is 409 g/mol. The van der Waals surface area contributed by atoms with Crippen LogP contribution in [0.5, 0.6) is 17.2 Å². The van der Waals surface area contributed by atoms with E-state index in [4.69, 9.17) is 14.2 Å². The van der Waals surface area contributed by atoms with E-state index in [0.717, 1.165) is 4.31 Å². The van der Waals surface area contributed by atoms with Crippen LogP contribution in [0.25, 0.3) is 0 Å². The van der Waals surface area contributed by atoms with Gasteiger partial charge in [0.05, 0.1) is 27.9 Å². The molecule has 28 heavy (non-hydrogen) atoms. The van der Waals surface area contributed by atoms with Crippen molar-refractivity contribution in [2.24, 2.45) is 0 Å². The zero-order valence-corrected chi connectivity index (χ0v) is 16.9. The Morgan fingerprint density at radius 2 is 1.79 bits per heavy atom. The maximum Gasteiger partial charge on any atom is 0.244 e. The number of nitrogens with one attached hydrogen (secondary N) is 1. The summed E-state index contributed by atoms with van der Waals surface area (Å²) in [7, 11) is 2.04. The first-order valence-electron chi connectivity index (χ1n) is 8.25. The van der Waals surface area contributed by atoms with Gasteiger partial charge in [0.2, 0.25) is 21.7 Å². The quantitative estimate of drug-likeness (QED) is 0.659. The Morgan fingerprint density at radius 3 is 2.29 bits per heavy atom. The van der Waals surface area contributed by atoms with Crippen LogP contribution in [0.1, 0.15) is 5.56 Å². The standard InChI is InChI=1S/C18H23N3O6S/c1-21(28(23,24)14-6-5-7-19-11-14)12-17(22)20-10-13-8-15(25-2)18(27-4)16(9-13)26-3/h5-9,11H,10,12H2,1-4H3,(H,20,22). The van der Waals surface area contributed by atoms with E-state index in [-0.39, 0.29) is 18.0 Å². The molecule has 0 bridgehead atoms. The fourth-order valence-corrected chi connectivity index (χ4v) is 3.55. The molecule has 0 radical (unpaired) electrons. The normalized spacial score (nSPS) is 11.2. The first-order chi connectivity index (χ1) is 13.3. The molecule has 1 N–H and O–H groups in total. The number of aromatic nitrogens is 1. The predicted octanol–water partition coefficient (Wildman–Crippen LogP) is 1.04. The zero-order valence-electron chi connectivity index (χ0n) is 16.1. The minimum absolute atomic E-state index is 0.0231. The Kier molecular flexibility index (Phi) is 7.18. The molecule has 9 nitrogen and oxygen atoms in total. The minimum atomic E-state index is -3.79. The van der Waals surface area contributed by atoms with Crippen LogP contribution in [0.3, 0.4) is 0 Å². The van der Waals surface area contributed by atoms with Gasteiger partial charge in [0.1, 0.15) is 4.90 Å². The number of carbonyl (C=O) groups is 1. The van der Waals surface area contributed by atoms with Gasteiger partial charge in [-0.1, -0.05) is 0 Å². The van der Waals surface area contributed by atoms with Crippen LogP contribution in [0.2, 0.25) is 0 Å². The Labute approximate surface area is 164 Å². The Bertz CT molecular complexity index is 893. The molecule has 0 spiro atoms. The van der Waals surface area contributed by atoms with Crippen molar-refractivity contribution >= 4 is 15.9 Å². The second kappa shape index (κ2) is 9.38. The second-order valence-corrected chi connectivity index (χ2v) is 7.81. The van der Waals surface area contributed by atoms with Crippen molar-refractivity contribution in [3.8, 4) is 17.2 Å². The monoisotopic (exact) mass is 409 g/mol. The molecule has 1 aromatic carbocycles. The van der Waals surface area contributed by atoms with E-state index in [1.807, 2.05) is 0 Å². The fourth-order valence-electron chi connectivity index (χ4n) is 2.46. The van der Waals surface area contributed by atoms with Gasteiger partial charge in [-0.15, -0.1) is 0 Å². The molecule has 0 saturated carbocycles. The lowest BCUT2D eigenvalue weighted by Crippen LogP contribution is -2.38. The number of likely N-dealkylation sites (N-methyl/N-ethyl adjacent to an activating group) is 1. The number of benzene rings is 1. The lowest BCUT2D eigenvalue weighted by Gasteiger charge is -2.17. The lowest BCUT2D eigenvalue weighted by atomic mass is 10.1. The van der Waals surface area contributed by atoms with E-state index in [2.05, 4.69) is 10.3 Å². The number of amides is 1. The molecule has 152 valence electrons. The van der Waals surface area contributed by atoms with Crippen molar-refractivity contribution in [3.63, 3.8) is 0 Å². The van der Waals surface area contributed by atoms with E-state index < -0.39 is 15.9 Å². The third-order valence-corrected chi connectivity index (χ3v) is 5.71. The van der Waals surface area contributed by atoms with E-state index in [9.17, 15) is 13.2 Å². The lowest BCUT2D eigenvalue weighted by molar-refractivity contribution is -0.121. The molecule has 1 aromatic heterocycles. The van der Waals surface area contributed by atoms with Gasteiger partial charge in [0.15, 0.2) is 11.5 Å². The summed E-state index contributed by atoms with van der Waals surface area (Å²) in [6, 6.07) is 6.35. The SMILES string of the molecule is COc1cc(CNC(=O)CN(C)S(=O)(=O)c2cccnc2)cc(OC)c1OC. The second-order valence-electron chi connectivity index (χ2n) is 5.76. The highest BCUT2D eigenvalue weighted by atomic mass is 32.2. The van der Waals surface area contributed by atoms with Crippen molar-refractivity contribution < 1.29 is 27.4 Å². The molecule has 2 aromatic rings. The molecule has 0 fully saturated rings. The van der Waals surface area contributed by atoms with E-state index >= 15 is 0 Å². The number of hydrogen-bond donors (Lipinski definition) is 1. The predicted molar refractivity (Wildman–Crippen MR) is 102 cm³/mol. The van der Waals surface area contributed by atoms with E-state index in [0.29, 0.717) is 22.8 Å². The molecular formula is C18H23N3O6S. The average Bonchev–Trinajstić information content (AvgIpc) is 2.71. The number of ether oxygens (including phenoxy) is 3. The van der Waals surface area contributed by atoms with Gasteiger partial charge in [-0.3, -0.25) is 9.78 Å². The fraction of sp³-hybridized carbons (Fsp3) is 0.333. The number of carbonyl (C=O) groups excluding carboxylic acids is 1. The molecule has 1 amide bonds. The summed E-state index contributed by atoms with van der Waals surface area (Å²) in [5.41, 5.74) is 0.709. The first kappa shape index (κ1) is 21.5. The van der Waals surface area contributed by atoms with Crippen molar-refractivity contribution in [1.82, 2.24) is 14.6 Å². The number of hydrogen-bond acceptors (Lipinski definition) is 7. The van der Waals surface area contributed by atoms with Crippen molar-refractivity contribution in [2.45, 2.75) is 11.4 Å². The van der Waals surface area contributed by atoms with Crippen LogP contribution < -0.4 is 19.5 Å². The summed E-state index contributed by atoms with van der Waals surface area (Å²) in [5.74, 6) is 0.913. The zero-order chi connectivity index (χ0) is 20.7. The molecule has 0 aliphatic carbocycles. The Hall–Kier alpha value is -2.85. The van der Waals surface area contributed by atoms with Crippen molar-refractivity contribution in [3.05, 3.63) is 42.2 Å². The Balaban J connectivity index is 2.04. The highest BCUT2D eigenvalue weighted by Gasteiger charge is 2.23. The minimum Gasteiger partial charge on any atom is -0.493 e. The molecule has 10 heteroatoms. The number of nitrogens with zero attached hydrogens (tertiary/aromatic N) is 2. The summed E-state index contributed by atoms with van der Waals surface area (Å²) >= 11 is 0. The van der Waals surface area contributed by atoms with Crippen molar-refractivity contribution in [2.75, 3.05) is 34.9 Å². The molecule has 0 unspecified atom stereocenters. The van der Waals surface area contributed by atoms with Crippen LogP contribution >= 0.6 is 0 Å². The van der Waals surface area contributed by atoms with Gasteiger partial charge in [0.25, 0.3) is 0 Å². The smallest absolute Gasteiger partial charge is 0.244 e. The summed E-state index contributed by atoms with van der Waals surface area (Å²) in [5, 5.41) is 2.68. The van der Waals surface area contributed by atoms with Gasteiger partial charge in [-0.2, -0.15) is 4.31 Å². The van der Waals surface area contributed by atoms with Crippen LogP contribution in [0, 0.1) is 0 Å². The number of pyridine rings is 1. The third kappa shape index (κ3) is 4.90. The number of methoxy groups -OCH3 is 3. The summed E-state index contributed by atoms with van der Waals surface area (Å²) in [4.78, 5) is 16.0. The maximum atomic E-state index is 12.4. The highest BCUT2D eigenvalue weighted by Crippen LogP contribution is 2.38. The van der Waals surface area contributed by atoms with Crippen LogP contribution in [-0.2, 0) is 21.4 Å². The molecule has 0 atom stereocenters. The van der Waals surface area contributed by atoms with Gasteiger partial charge < -0.3 is 19.5 Å². The van der Waals surface area contributed by atoms with Gasteiger partial charge in [-0.05, 0) is 29.8 Å². The molecule has 0 aliphatic rings. The largest absolute Gasteiger partial charge is 0.493 e. The molecule has 1 heterocycles. The number of rotatable bonds is 9. The number of sulfonamides is 1. The molecule has 0 saturated heterocycles. The van der Waals surface area contributed by atoms with E-state index in [1.165, 1.54) is 52.9 Å². The van der Waals surface area contributed by atoms with Gasteiger partial charge in [-0.25, -0.2) is 8.42 Å². The van der Waals surface area contributed by atoms with Crippen LogP contribution in [-0.4, -0.2) is 58.5 Å². The maximum absolute atomic E-state index is 12.4. The van der Waals surface area contributed by atoms with E-state index in [1.54, 1.807) is 12.1 Å². The summed E-state index contributed by atoms with van der Waals surface area (Å²) < 4.78 is 41.6. The van der Waals surface area contributed by atoms with Gasteiger partial charge in [0, 0.05) is 26.0 Å². The Morgan fingerprint density at radius 1 is 1.14 bits per heavy atom. The summed E-state index contributed by atoms with van der Waals surface area (Å²) in [6.45, 7) is -0.169. The highest BCUT2D eigenvalue weighted by molar-refractivity contribution is 7.89. The summed E-state index contributed by atoms with van der Waals surface area (Å²) in [6.07, 6.45) is 2.71. The third-order valence-electron chi connectivity index (χ3n) is 3.92. The van der Waals surface area contributed by atoms with Crippen LogP contribution in [0.15, 0.2) is 41.6 Å². The van der Waals surface area contributed by atoms with Crippen molar-refractivity contribution in [1.29, 1.82) is 0 Å². The van der Waals surface area contributed by atoms with Crippen LogP contribution in [0.4, 0.5) is 0 Å².